The van der Waals surface area contributed by atoms with Crippen molar-refractivity contribution in [1.82, 2.24) is 14.8 Å². The molecule has 84 valence electrons. The lowest BCUT2D eigenvalue weighted by molar-refractivity contribution is 0.583. The molecule has 0 unspecified atom stereocenters. The zero-order chi connectivity index (χ0) is 11.8. The van der Waals surface area contributed by atoms with E-state index in [2.05, 4.69) is 30.9 Å². The Bertz CT molecular complexity index is 483. The Labute approximate surface area is 100 Å². The first-order chi connectivity index (χ1) is 7.48. The van der Waals surface area contributed by atoms with Gasteiger partial charge < -0.3 is 0 Å². The molecule has 0 spiro atoms. The van der Waals surface area contributed by atoms with Crippen molar-refractivity contribution in [2.75, 3.05) is 0 Å². The highest BCUT2D eigenvalue weighted by molar-refractivity contribution is 6.30. The topological polar surface area (TPSA) is 30.7 Å². The van der Waals surface area contributed by atoms with Crippen LogP contribution in [0.4, 0.5) is 0 Å². The Kier molecular flexibility index (Phi) is 2.72. The monoisotopic (exact) mass is 235 g/mol. The Hall–Kier alpha value is -1.35. The minimum atomic E-state index is 0.0200. The van der Waals surface area contributed by atoms with Crippen LogP contribution in [0, 0.1) is 0 Å². The van der Waals surface area contributed by atoms with Gasteiger partial charge in [-0.05, 0) is 29.2 Å². The highest BCUT2D eigenvalue weighted by Crippen LogP contribution is 2.30. The molecule has 0 amide bonds. The number of hydrogen-bond donors (Lipinski definition) is 0. The number of benzene rings is 1. The van der Waals surface area contributed by atoms with Gasteiger partial charge in [0.15, 0.2) is 0 Å². The highest BCUT2D eigenvalue weighted by atomic mass is 35.5. The van der Waals surface area contributed by atoms with E-state index in [0.717, 1.165) is 16.3 Å². The van der Waals surface area contributed by atoms with Crippen molar-refractivity contribution in [2.24, 2.45) is 0 Å². The van der Waals surface area contributed by atoms with Crippen LogP contribution in [-0.4, -0.2) is 14.8 Å². The number of halogens is 1. The fourth-order valence-corrected chi connectivity index (χ4v) is 1.81. The zero-order valence-electron chi connectivity index (χ0n) is 9.61. The number of hydrogen-bond acceptors (Lipinski definition) is 2. The van der Waals surface area contributed by atoms with Crippen molar-refractivity contribution < 1.29 is 0 Å². The van der Waals surface area contributed by atoms with Gasteiger partial charge >= 0.3 is 0 Å². The van der Waals surface area contributed by atoms with E-state index in [0.29, 0.717) is 0 Å². The van der Waals surface area contributed by atoms with Crippen LogP contribution in [0.5, 0.6) is 0 Å². The summed E-state index contributed by atoms with van der Waals surface area (Å²) in [5.41, 5.74) is 2.20. The molecule has 0 bridgehead atoms. The third-order valence-electron chi connectivity index (χ3n) is 2.43. The molecule has 0 saturated heterocycles. The van der Waals surface area contributed by atoms with E-state index < -0.39 is 0 Å². The standard InChI is InChI=1S/C12H14ClN3/c1-12(2,3)10-6-9(13)4-5-11(10)16-8-14-7-15-16/h4-8H,1-3H3. The van der Waals surface area contributed by atoms with Crippen LogP contribution >= 0.6 is 11.6 Å². The van der Waals surface area contributed by atoms with Gasteiger partial charge in [0.05, 0.1) is 5.69 Å². The summed E-state index contributed by atoms with van der Waals surface area (Å²) in [4.78, 5) is 3.96. The van der Waals surface area contributed by atoms with E-state index in [9.17, 15) is 0 Å². The first-order valence-corrected chi connectivity index (χ1v) is 5.51. The van der Waals surface area contributed by atoms with Crippen molar-refractivity contribution in [3.05, 3.63) is 41.4 Å². The minimum Gasteiger partial charge on any atom is -0.223 e. The van der Waals surface area contributed by atoms with Gasteiger partial charge in [-0.15, -0.1) is 0 Å². The summed E-state index contributed by atoms with van der Waals surface area (Å²) >= 11 is 6.04. The second-order valence-corrected chi connectivity index (χ2v) is 5.19. The van der Waals surface area contributed by atoms with Crippen LogP contribution in [0.25, 0.3) is 5.69 Å². The van der Waals surface area contributed by atoms with Gasteiger partial charge in [0.25, 0.3) is 0 Å². The van der Waals surface area contributed by atoms with Gasteiger partial charge in [-0.1, -0.05) is 32.4 Å². The Morgan fingerprint density at radius 3 is 2.56 bits per heavy atom. The first-order valence-electron chi connectivity index (χ1n) is 5.13. The molecule has 0 radical (unpaired) electrons. The Balaban J connectivity index is 2.62. The quantitative estimate of drug-likeness (QED) is 0.760. The minimum absolute atomic E-state index is 0.0200. The lowest BCUT2D eigenvalue weighted by Crippen LogP contribution is -2.15. The predicted octanol–water partition coefficient (Wildman–Crippen LogP) is 3.22. The third-order valence-corrected chi connectivity index (χ3v) is 2.67. The maximum absolute atomic E-state index is 6.04. The molecule has 2 rings (SSSR count). The molecule has 16 heavy (non-hydrogen) atoms. The summed E-state index contributed by atoms with van der Waals surface area (Å²) in [7, 11) is 0. The zero-order valence-corrected chi connectivity index (χ0v) is 10.4. The molecule has 0 N–H and O–H groups in total. The van der Waals surface area contributed by atoms with Crippen LogP contribution in [0.15, 0.2) is 30.9 Å². The summed E-state index contributed by atoms with van der Waals surface area (Å²) in [6, 6.07) is 5.82. The van der Waals surface area contributed by atoms with E-state index in [1.165, 1.54) is 6.33 Å². The molecule has 3 nitrogen and oxygen atoms in total. The van der Waals surface area contributed by atoms with E-state index >= 15 is 0 Å². The molecular weight excluding hydrogens is 222 g/mol. The molecular formula is C12H14ClN3. The van der Waals surface area contributed by atoms with Crippen LogP contribution in [0.2, 0.25) is 5.02 Å². The second-order valence-electron chi connectivity index (χ2n) is 4.75. The van der Waals surface area contributed by atoms with Crippen LogP contribution in [-0.2, 0) is 5.41 Å². The molecule has 0 fully saturated rings. The molecule has 4 heteroatoms. The van der Waals surface area contributed by atoms with Crippen molar-refractivity contribution in [2.45, 2.75) is 26.2 Å². The predicted molar refractivity (Wildman–Crippen MR) is 65.1 cm³/mol. The first kappa shape index (κ1) is 11.1. The Morgan fingerprint density at radius 2 is 2.00 bits per heavy atom. The maximum Gasteiger partial charge on any atom is 0.138 e. The van der Waals surface area contributed by atoms with Crippen LogP contribution in [0.3, 0.4) is 0 Å². The van der Waals surface area contributed by atoms with Crippen molar-refractivity contribution >= 4 is 11.6 Å². The summed E-state index contributed by atoms with van der Waals surface area (Å²) in [5, 5.41) is 4.90. The van der Waals surface area contributed by atoms with Crippen LogP contribution < -0.4 is 0 Å². The molecule has 1 heterocycles. The number of rotatable bonds is 1. The van der Waals surface area contributed by atoms with Crippen molar-refractivity contribution in [3.8, 4) is 5.69 Å². The molecule has 0 aliphatic carbocycles. The number of aromatic nitrogens is 3. The lowest BCUT2D eigenvalue weighted by atomic mass is 9.86. The summed E-state index contributed by atoms with van der Waals surface area (Å²) in [6.07, 6.45) is 3.22. The maximum atomic E-state index is 6.04. The van der Waals surface area contributed by atoms with E-state index in [1.807, 2.05) is 18.2 Å². The van der Waals surface area contributed by atoms with Gasteiger partial charge in [-0.25, -0.2) is 9.67 Å². The van der Waals surface area contributed by atoms with Crippen molar-refractivity contribution in [3.63, 3.8) is 0 Å². The van der Waals surface area contributed by atoms with Gasteiger partial charge in [0, 0.05) is 5.02 Å². The normalized spacial score (nSPS) is 11.8. The summed E-state index contributed by atoms with van der Waals surface area (Å²) in [5.74, 6) is 0. The molecule has 1 aromatic heterocycles. The van der Waals surface area contributed by atoms with Gasteiger partial charge in [0.2, 0.25) is 0 Å². The molecule has 0 aliphatic rings. The van der Waals surface area contributed by atoms with Gasteiger partial charge in [0.1, 0.15) is 12.7 Å². The van der Waals surface area contributed by atoms with Gasteiger partial charge in [-0.3, -0.25) is 0 Å². The summed E-state index contributed by atoms with van der Waals surface area (Å²) < 4.78 is 1.76. The van der Waals surface area contributed by atoms with Gasteiger partial charge in [-0.2, -0.15) is 5.10 Å². The summed E-state index contributed by atoms with van der Waals surface area (Å²) in [6.45, 7) is 6.46. The van der Waals surface area contributed by atoms with E-state index in [-0.39, 0.29) is 5.41 Å². The van der Waals surface area contributed by atoms with E-state index in [1.54, 1.807) is 11.0 Å². The third kappa shape index (κ3) is 2.09. The smallest absolute Gasteiger partial charge is 0.138 e. The second kappa shape index (κ2) is 3.91. The SMILES string of the molecule is CC(C)(C)c1cc(Cl)ccc1-n1cncn1. The van der Waals surface area contributed by atoms with Crippen molar-refractivity contribution in [1.29, 1.82) is 0 Å². The number of nitrogens with zero attached hydrogens (tertiary/aromatic N) is 3. The molecule has 1 aromatic carbocycles. The average molecular weight is 236 g/mol. The lowest BCUT2D eigenvalue weighted by Gasteiger charge is -2.22. The fraction of sp³-hybridized carbons (Fsp3) is 0.333. The largest absolute Gasteiger partial charge is 0.223 e. The molecule has 0 saturated carbocycles. The molecule has 2 aromatic rings. The Morgan fingerprint density at radius 1 is 1.25 bits per heavy atom. The fourth-order valence-electron chi connectivity index (χ4n) is 1.64. The van der Waals surface area contributed by atoms with Crippen LogP contribution in [0.1, 0.15) is 26.3 Å². The highest BCUT2D eigenvalue weighted by Gasteiger charge is 2.19. The van der Waals surface area contributed by atoms with E-state index in [4.69, 9.17) is 11.6 Å². The average Bonchev–Trinajstić information content (AvgIpc) is 2.69. The molecule has 0 aliphatic heterocycles. The molecule has 0 atom stereocenters.